The summed E-state index contributed by atoms with van der Waals surface area (Å²) in [6.45, 7) is 9.48. The lowest BCUT2D eigenvalue weighted by atomic mass is 9.96. The van der Waals surface area contributed by atoms with Gasteiger partial charge in [-0.2, -0.15) is 0 Å². The molecule has 0 spiro atoms. The molecule has 0 rings (SSSR count). The van der Waals surface area contributed by atoms with Crippen LogP contribution in [-0.2, 0) is 23.9 Å². The molecular weight excluding hydrogens is 290 g/mol. The maximum absolute atomic E-state index is 11.3. The van der Waals surface area contributed by atoms with E-state index in [1.807, 2.05) is 0 Å². The van der Waals surface area contributed by atoms with E-state index in [1.165, 1.54) is 19.9 Å². The summed E-state index contributed by atoms with van der Waals surface area (Å²) in [4.78, 5) is 36.0. The van der Waals surface area contributed by atoms with E-state index in [0.29, 0.717) is 0 Å². The van der Waals surface area contributed by atoms with Crippen molar-refractivity contribution in [3.63, 3.8) is 0 Å². The SMILES string of the molecule is C=C(C)C(=O)OCCC(O)(CCOC(=O)C(=C)C)CN=C=O. The van der Waals surface area contributed by atoms with Crippen LogP contribution in [0, 0.1) is 0 Å². The van der Waals surface area contributed by atoms with Crippen molar-refractivity contribution in [2.45, 2.75) is 32.3 Å². The van der Waals surface area contributed by atoms with Gasteiger partial charge in [-0.15, -0.1) is 0 Å². The highest BCUT2D eigenvalue weighted by atomic mass is 16.5. The van der Waals surface area contributed by atoms with Crippen molar-refractivity contribution < 1.29 is 29.0 Å². The number of aliphatic hydroxyl groups is 1. The lowest BCUT2D eigenvalue weighted by molar-refractivity contribution is -0.141. The highest BCUT2D eigenvalue weighted by Gasteiger charge is 2.27. The average molecular weight is 311 g/mol. The van der Waals surface area contributed by atoms with Crippen LogP contribution in [0.2, 0.25) is 0 Å². The van der Waals surface area contributed by atoms with E-state index >= 15 is 0 Å². The third-order valence-electron chi connectivity index (χ3n) is 2.74. The molecule has 7 heteroatoms. The summed E-state index contributed by atoms with van der Waals surface area (Å²) in [5.74, 6) is -1.15. The van der Waals surface area contributed by atoms with Crippen molar-refractivity contribution in [3.05, 3.63) is 24.3 Å². The summed E-state index contributed by atoms with van der Waals surface area (Å²) in [5.41, 5.74) is -0.961. The van der Waals surface area contributed by atoms with Gasteiger partial charge in [0, 0.05) is 24.0 Å². The highest BCUT2D eigenvalue weighted by molar-refractivity contribution is 5.87. The first kappa shape index (κ1) is 19.8. The number of isocyanates is 1. The number of ether oxygens (including phenoxy) is 2. The van der Waals surface area contributed by atoms with Gasteiger partial charge in [-0.25, -0.2) is 19.4 Å². The minimum Gasteiger partial charge on any atom is -0.462 e. The zero-order valence-electron chi connectivity index (χ0n) is 12.9. The Morgan fingerprint density at radius 2 is 1.50 bits per heavy atom. The van der Waals surface area contributed by atoms with Gasteiger partial charge in [0.1, 0.15) is 0 Å². The Kier molecular flexibility index (Phi) is 8.67. The van der Waals surface area contributed by atoms with Gasteiger partial charge < -0.3 is 14.6 Å². The van der Waals surface area contributed by atoms with Crippen LogP contribution in [0.4, 0.5) is 0 Å². The second kappa shape index (κ2) is 9.65. The van der Waals surface area contributed by atoms with Crippen LogP contribution >= 0.6 is 0 Å². The molecule has 7 nitrogen and oxygen atoms in total. The van der Waals surface area contributed by atoms with Gasteiger partial charge in [0.25, 0.3) is 0 Å². The number of nitrogens with zero attached hydrogens (tertiary/aromatic N) is 1. The Morgan fingerprint density at radius 3 is 1.82 bits per heavy atom. The van der Waals surface area contributed by atoms with Crippen LogP contribution in [0.1, 0.15) is 26.7 Å². The average Bonchev–Trinajstić information content (AvgIpc) is 2.44. The van der Waals surface area contributed by atoms with Crippen molar-refractivity contribution in [2.24, 2.45) is 4.99 Å². The standard InChI is InChI=1S/C15H21NO6/c1-11(2)13(18)21-7-5-15(20,9-16-10-17)6-8-22-14(19)12(3)4/h20H,1,3,5-9H2,2,4H3. The van der Waals surface area contributed by atoms with Gasteiger partial charge in [0.15, 0.2) is 0 Å². The molecule has 0 radical (unpaired) electrons. The van der Waals surface area contributed by atoms with Crippen molar-refractivity contribution >= 4 is 18.0 Å². The molecule has 22 heavy (non-hydrogen) atoms. The summed E-state index contributed by atoms with van der Waals surface area (Å²) in [6, 6.07) is 0. The van der Waals surface area contributed by atoms with Crippen molar-refractivity contribution in [3.8, 4) is 0 Å². The van der Waals surface area contributed by atoms with Crippen LogP contribution in [0.5, 0.6) is 0 Å². The van der Waals surface area contributed by atoms with Gasteiger partial charge >= 0.3 is 11.9 Å². The molecule has 1 N–H and O–H groups in total. The molecule has 0 aliphatic heterocycles. The molecule has 0 aliphatic carbocycles. The van der Waals surface area contributed by atoms with E-state index in [1.54, 1.807) is 0 Å². The molecule has 0 fully saturated rings. The summed E-state index contributed by atoms with van der Waals surface area (Å²) in [7, 11) is 0. The third kappa shape index (κ3) is 8.14. The first-order valence-electron chi connectivity index (χ1n) is 6.63. The van der Waals surface area contributed by atoms with Crippen molar-refractivity contribution in [1.82, 2.24) is 0 Å². The van der Waals surface area contributed by atoms with E-state index in [0.717, 1.165) is 0 Å². The Hall–Kier alpha value is -2.24. The van der Waals surface area contributed by atoms with E-state index in [9.17, 15) is 19.5 Å². The van der Waals surface area contributed by atoms with Crippen molar-refractivity contribution in [2.75, 3.05) is 19.8 Å². The van der Waals surface area contributed by atoms with Crippen molar-refractivity contribution in [1.29, 1.82) is 0 Å². The summed E-state index contributed by atoms with van der Waals surface area (Å²) in [5, 5.41) is 10.3. The number of esters is 2. The van der Waals surface area contributed by atoms with E-state index in [4.69, 9.17) is 9.47 Å². The number of rotatable bonds is 10. The molecule has 0 unspecified atom stereocenters. The lowest BCUT2D eigenvalue weighted by Crippen LogP contribution is -2.36. The zero-order valence-corrected chi connectivity index (χ0v) is 12.9. The lowest BCUT2D eigenvalue weighted by Gasteiger charge is -2.25. The molecule has 0 aromatic heterocycles. The molecular formula is C15H21NO6. The van der Waals surface area contributed by atoms with Crippen LogP contribution in [0.15, 0.2) is 29.3 Å². The first-order chi connectivity index (χ1) is 10.2. The number of aliphatic imine (C=N–C) groups is 1. The molecule has 122 valence electrons. The second-order valence-corrected chi connectivity index (χ2v) is 4.96. The largest absolute Gasteiger partial charge is 0.462 e. The van der Waals surface area contributed by atoms with Crippen LogP contribution in [-0.4, -0.2) is 48.5 Å². The number of carbonyl (C=O) groups is 2. The smallest absolute Gasteiger partial charge is 0.333 e. The highest BCUT2D eigenvalue weighted by Crippen LogP contribution is 2.17. The van der Waals surface area contributed by atoms with Crippen LogP contribution in [0.25, 0.3) is 0 Å². The van der Waals surface area contributed by atoms with E-state index < -0.39 is 17.5 Å². The van der Waals surface area contributed by atoms with Gasteiger partial charge in [0.05, 0.1) is 25.4 Å². The molecule has 0 aromatic rings. The molecule has 0 atom stereocenters. The van der Waals surface area contributed by atoms with Crippen LogP contribution < -0.4 is 0 Å². The monoisotopic (exact) mass is 311 g/mol. The summed E-state index contributed by atoms with van der Waals surface area (Å²) >= 11 is 0. The minimum atomic E-state index is -1.44. The maximum Gasteiger partial charge on any atom is 0.333 e. The molecule has 0 bridgehead atoms. The fraction of sp³-hybridized carbons (Fsp3) is 0.533. The second-order valence-electron chi connectivity index (χ2n) is 4.96. The minimum absolute atomic E-state index is 0.0296. The molecule has 0 aliphatic rings. The Labute approximate surface area is 129 Å². The number of hydrogen-bond acceptors (Lipinski definition) is 7. The molecule has 0 aromatic carbocycles. The van der Waals surface area contributed by atoms with E-state index in [2.05, 4.69) is 18.2 Å². The topological polar surface area (TPSA) is 102 Å². The van der Waals surface area contributed by atoms with Gasteiger partial charge in [0.2, 0.25) is 6.08 Å². The molecule has 0 amide bonds. The Morgan fingerprint density at radius 1 is 1.09 bits per heavy atom. The number of carbonyl (C=O) groups excluding carboxylic acids is 3. The third-order valence-corrected chi connectivity index (χ3v) is 2.74. The number of hydrogen-bond donors (Lipinski definition) is 1. The fourth-order valence-electron chi connectivity index (χ4n) is 1.38. The predicted octanol–water partition coefficient (Wildman–Crippen LogP) is 1.07. The molecule has 0 heterocycles. The van der Waals surface area contributed by atoms with Gasteiger partial charge in [-0.1, -0.05) is 13.2 Å². The normalized spacial score (nSPS) is 10.3. The van der Waals surface area contributed by atoms with Crippen LogP contribution in [0.3, 0.4) is 0 Å². The Bertz CT molecular complexity index is 458. The van der Waals surface area contributed by atoms with E-state index in [-0.39, 0.29) is 43.7 Å². The van der Waals surface area contributed by atoms with Gasteiger partial charge in [-0.3, -0.25) is 0 Å². The van der Waals surface area contributed by atoms with Gasteiger partial charge in [-0.05, 0) is 13.8 Å². The maximum atomic E-state index is 11.3. The molecule has 0 saturated carbocycles. The molecule has 0 saturated heterocycles. The first-order valence-corrected chi connectivity index (χ1v) is 6.63. The fourth-order valence-corrected chi connectivity index (χ4v) is 1.38. The zero-order chi connectivity index (χ0) is 17.2. The summed E-state index contributed by atoms with van der Waals surface area (Å²) in [6.07, 6.45) is 1.39. The summed E-state index contributed by atoms with van der Waals surface area (Å²) < 4.78 is 9.77. The Balaban J connectivity index is 4.47. The quantitative estimate of drug-likeness (QED) is 0.280. The predicted molar refractivity (Wildman–Crippen MR) is 78.7 cm³/mol.